The minimum atomic E-state index is -4.17. The fraction of sp³-hybridized carbons (Fsp3) is 0.800. The van der Waals surface area contributed by atoms with Gasteiger partial charge in [-0.05, 0) is 32.1 Å². The van der Waals surface area contributed by atoms with Gasteiger partial charge in [0.1, 0.15) is 0 Å². The summed E-state index contributed by atoms with van der Waals surface area (Å²) in [5.41, 5.74) is 0.813. The van der Waals surface area contributed by atoms with Crippen LogP contribution in [-0.4, -0.2) is 33.1 Å². The lowest BCUT2D eigenvalue weighted by Gasteiger charge is -2.28. The number of rotatable bonds is 13. The maximum atomic E-state index is 13.4. The largest absolute Gasteiger partial charge is 0.365 e. The van der Waals surface area contributed by atoms with Gasteiger partial charge in [0.15, 0.2) is 0 Å². The zero-order chi connectivity index (χ0) is 20.6. The minimum absolute atomic E-state index is 0.144. The van der Waals surface area contributed by atoms with Crippen molar-refractivity contribution in [2.45, 2.75) is 90.1 Å². The molecular weight excluding hydrogens is 373 g/mol. The quantitative estimate of drug-likeness (QED) is 0.199. The highest BCUT2D eigenvalue weighted by atomic mass is 28.3. The highest BCUT2D eigenvalue weighted by molar-refractivity contribution is 6.86. The van der Waals surface area contributed by atoms with Crippen LogP contribution in [0, 0.1) is 0 Å². The van der Waals surface area contributed by atoms with Crippen LogP contribution < -0.4 is 0 Å². The predicted octanol–water partition coefficient (Wildman–Crippen LogP) is 6.48. The summed E-state index contributed by atoms with van der Waals surface area (Å²) in [4.78, 5) is 0. The van der Waals surface area contributed by atoms with Crippen molar-refractivity contribution in [3.63, 3.8) is 0 Å². The molecule has 0 fully saturated rings. The van der Waals surface area contributed by atoms with Crippen LogP contribution in [0.1, 0.15) is 65.2 Å². The molecule has 0 aromatic rings. The Morgan fingerprint density at radius 2 is 1.59 bits per heavy atom. The normalized spacial score (nSPS) is 15.9. The third-order valence-corrected chi connectivity index (χ3v) is 8.30. The van der Waals surface area contributed by atoms with Gasteiger partial charge in [0, 0.05) is 6.42 Å². The molecule has 0 aromatic heterocycles. The summed E-state index contributed by atoms with van der Waals surface area (Å²) < 4.78 is 51.2. The third-order valence-electron chi connectivity index (χ3n) is 5.01. The Kier molecular flexibility index (Phi) is 9.75. The fourth-order valence-corrected chi connectivity index (χ4v) is 4.99. The molecule has 0 atom stereocenters. The van der Waals surface area contributed by atoms with Gasteiger partial charge >= 0.3 is 11.8 Å². The number of allylic oxidation sites excluding steroid dienone is 4. The van der Waals surface area contributed by atoms with E-state index in [-0.39, 0.29) is 6.42 Å². The molecule has 0 aliphatic heterocycles. The Bertz CT molecular complexity index is 503. The second-order valence-corrected chi connectivity index (χ2v) is 12.0. The molecule has 1 aliphatic rings. The van der Waals surface area contributed by atoms with E-state index in [2.05, 4.69) is 0 Å². The van der Waals surface area contributed by atoms with Gasteiger partial charge < -0.3 is 9.47 Å². The summed E-state index contributed by atoms with van der Waals surface area (Å²) in [6, 6.07) is 0. The van der Waals surface area contributed by atoms with Gasteiger partial charge in [0.05, 0.1) is 13.2 Å². The Labute approximate surface area is 162 Å². The van der Waals surface area contributed by atoms with Gasteiger partial charge in [-0.1, -0.05) is 62.7 Å². The summed E-state index contributed by atoms with van der Waals surface area (Å²) in [5, 5.41) is 13.3. The lowest BCUT2D eigenvalue weighted by molar-refractivity contribution is -0.391. The molecule has 0 saturated carbocycles. The maximum Gasteiger partial charge on any atom is 0.365 e. The first-order valence-corrected chi connectivity index (χ1v) is 13.0. The van der Waals surface area contributed by atoms with Crippen molar-refractivity contribution in [1.82, 2.24) is 0 Å². The molecule has 0 amide bonds. The van der Waals surface area contributed by atoms with Crippen LogP contribution in [0.25, 0.3) is 0 Å². The second kappa shape index (κ2) is 10.8. The van der Waals surface area contributed by atoms with Crippen LogP contribution in [0.15, 0.2) is 22.9 Å². The van der Waals surface area contributed by atoms with Crippen LogP contribution in [0.5, 0.6) is 0 Å². The van der Waals surface area contributed by atoms with E-state index in [1.54, 1.807) is 12.2 Å². The molecule has 0 unspecified atom stereocenters. The van der Waals surface area contributed by atoms with E-state index >= 15 is 0 Å². The summed E-state index contributed by atoms with van der Waals surface area (Å²) in [7, 11) is -3.53. The Morgan fingerprint density at radius 3 is 2.07 bits per heavy atom. The van der Waals surface area contributed by atoms with Crippen LogP contribution in [0.3, 0.4) is 0 Å². The van der Waals surface area contributed by atoms with Crippen LogP contribution >= 0.6 is 0 Å². The third kappa shape index (κ3) is 7.36. The van der Waals surface area contributed by atoms with E-state index in [4.69, 9.17) is 9.47 Å². The van der Waals surface area contributed by atoms with Gasteiger partial charge in [-0.2, -0.15) is 18.3 Å². The van der Waals surface area contributed by atoms with E-state index < -0.39 is 19.8 Å². The molecule has 0 bridgehead atoms. The van der Waals surface area contributed by atoms with Crippen molar-refractivity contribution >= 4 is 8.07 Å². The highest BCUT2D eigenvalue weighted by Crippen LogP contribution is 2.40. The standard InChI is InChI=1S/C20H34F3O3Si/c1-5-7-15-25-19(24,26-16-8-6-2)14-10-12-17-11-9-13-18(17)27(3,4)20(21,22)23/h9,13H,5-8,10-12,14-16H2,1-4H3. The Balaban J connectivity index is 2.71. The SMILES string of the molecule is CCCCOC([O])(CCCC1=C([Si](C)(C)C(F)(F)F)C=CC1)OCCCC. The first kappa shape index (κ1) is 24.4. The molecule has 157 valence electrons. The molecule has 7 heteroatoms. The van der Waals surface area contributed by atoms with Gasteiger partial charge in [0.25, 0.3) is 0 Å². The number of hydrogen-bond acceptors (Lipinski definition) is 2. The highest BCUT2D eigenvalue weighted by Gasteiger charge is 2.52. The molecule has 1 aliphatic carbocycles. The van der Waals surface area contributed by atoms with E-state index in [0.717, 1.165) is 31.3 Å². The lowest BCUT2D eigenvalue weighted by atomic mass is 10.1. The van der Waals surface area contributed by atoms with Crippen LogP contribution in [-0.2, 0) is 14.6 Å². The monoisotopic (exact) mass is 407 g/mol. The molecule has 0 N–H and O–H groups in total. The minimum Gasteiger partial charge on any atom is -0.326 e. The average molecular weight is 408 g/mol. The first-order chi connectivity index (χ1) is 12.6. The summed E-state index contributed by atoms with van der Waals surface area (Å²) in [5.74, 6) is -6.06. The molecule has 3 nitrogen and oxygen atoms in total. The average Bonchev–Trinajstić information content (AvgIpc) is 3.03. The van der Waals surface area contributed by atoms with E-state index in [1.807, 2.05) is 13.8 Å². The first-order valence-electron chi connectivity index (χ1n) is 10.0. The molecule has 0 spiro atoms. The van der Waals surface area contributed by atoms with Crippen molar-refractivity contribution in [3.8, 4) is 0 Å². The van der Waals surface area contributed by atoms with Gasteiger partial charge in [-0.15, -0.1) is 0 Å². The van der Waals surface area contributed by atoms with E-state index in [0.29, 0.717) is 37.7 Å². The molecule has 0 heterocycles. The number of halogens is 3. The van der Waals surface area contributed by atoms with Gasteiger partial charge in [0.2, 0.25) is 8.07 Å². The molecule has 27 heavy (non-hydrogen) atoms. The lowest BCUT2D eigenvalue weighted by Crippen LogP contribution is -2.46. The summed E-state index contributed by atoms with van der Waals surface area (Å²) in [6.07, 6.45) is 8.47. The van der Waals surface area contributed by atoms with E-state index in [1.165, 1.54) is 13.1 Å². The maximum absolute atomic E-state index is 13.4. The zero-order valence-electron chi connectivity index (χ0n) is 17.1. The van der Waals surface area contributed by atoms with Crippen molar-refractivity contribution in [2.24, 2.45) is 0 Å². The van der Waals surface area contributed by atoms with Gasteiger partial charge in [-0.25, -0.2) is 0 Å². The van der Waals surface area contributed by atoms with E-state index in [9.17, 15) is 18.3 Å². The molecular formula is C20H34F3O3Si. The summed E-state index contributed by atoms with van der Waals surface area (Å²) >= 11 is 0. The molecule has 0 saturated heterocycles. The smallest absolute Gasteiger partial charge is 0.326 e. The molecule has 1 radical (unpaired) electrons. The van der Waals surface area contributed by atoms with Gasteiger partial charge in [-0.3, -0.25) is 0 Å². The van der Waals surface area contributed by atoms with Crippen molar-refractivity contribution in [3.05, 3.63) is 22.9 Å². The Hall–Kier alpha value is -0.633. The number of ether oxygens (including phenoxy) is 2. The fourth-order valence-electron chi connectivity index (χ4n) is 3.03. The van der Waals surface area contributed by atoms with Crippen molar-refractivity contribution in [2.75, 3.05) is 13.2 Å². The van der Waals surface area contributed by atoms with Crippen LogP contribution in [0.4, 0.5) is 13.2 Å². The van der Waals surface area contributed by atoms with Crippen molar-refractivity contribution in [1.29, 1.82) is 0 Å². The number of alkyl halides is 3. The predicted molar refractivity (Wildman–Crippen MR) is 103 cm³/mol. The Morgan fingerprint density at radius 1 is 1.04 bits per heavy atom. The molecule has 0 aromatic carbocycles. The second-order valence-electron chi connectivity index (χ2n) is 7.69. The summed E-state index contributed by atoms with van der Waals surface area (Å²) in [6.45, 7) is 7.41. The van der Waals surface area contributed by atoms with Crippen molar-refractivity contribution < 1.29 is 27.8 Å². The topological polar surface area (TPSA) is 38.4 Å². The number of unbranched alkanes of at least 4 members (excludes halogenated alkanes) is 2. The van der Waals surface area contributed by atoms with Crippen LogP contribution in [0.2, 0.25) is 13.1 Å². The number of hydrogen-bond donors (Lipinski definition) is 0. The molecule has 1 rings (SSSR count). The zero-order valence-corrected chi connectivity index (χ0v) is 18.1.